The van der Waals surface area contributed by atoms with E-state index in [-0.39, 0.29) is 11.8 Å². The van der Waals surface area contributed by atoms with E-state index < -0.39 is 41.9 Å². The monoisotopic (exact) mass is 366 g/mol. The maximum absolute atomic E-state index is 12.6. The van der Waals surface area contributed by atoms with Crippen molar-refractivity contribution in [2.24, 2.45) is 23.2 Å². The molecule has 9 heteroatoms. The van der Waals surface area contributed by atoms with Gasteiger partial charge in [0.15, 0.2) is 0 Å². The summed E-state index contributed by atoms with van der Waals surface area (Å²) in [4.78, 5) is 12.2. The molecular weight excluding hydrogens is 342 g/mol. The van der Waals surface area contributed by atoms with Crippen molar-refractivity contribution < 1.29 is 41.0 Å². The molecule has 0 aromatic rings. The fourth-order valence-corrected chi connectivity index (χ4v) is 2.33. The molecule has 0 aliphatic carbocycles. The van der Waals surface area contributed by atoms with E-state index in [1.807, 2.05) is 0 Å². The highest BCUT2D eigenvalue weighted by atomic mass is 19.4. The number of alkyl halides is 6. The van der Waals surface area contributed by atoms with Gasteiger partial charge in [-0.3, -0.25) is 4.79 Å². The maximum Gasteiger partial charge on any atom is 0.429 e. The van der Waals surface area contributed by atoms with E-state index in [2.05, 4.69) is 4.74 Å². The first-order chi connectivity index (χ1) is 10.4. The van der Waals surface area contributed by atoms with Gasteiger partial charge < -0.3 is 9.84 Å². The molecule has 2 atom stereocenters. The van der Waals surface area contributed by atoms with Crippen molar-refractivity contribution in [3.05, 3.63) is 0 Å². The molecule has 0 radical (unpaired) electrons. The number of halogens is 6. The van der Waals surface area contributed by atoms with Crippen LogP contribution in [0, 0.1) is 23.2 Å². The Hall–Kier alpha value is -0.990. The average molecular weight is 366 g/mol. The number of esters is 1. The van der Waals surface area contributed by atoms with E-state index in [9.17, 15) is 31.1 Å². The third-order valence-electron chi connectivity index (χ3n) is 4.13. The largest absolute Gasteiger partial charge is 0.462 e. The van der Waals surface area contributed by atoms with Crippen LogP contribution in [0.25, 0.3) is 0 Å². The Morgan fingerprint density at radius 1 is 0.958 bits per heavy atom. The Balaban J connectivity index is 5.47. The van der Waals surface area contributed by atoms with Gasteiger partial charge >= 0.3 is 18.3 Å². The smallest absolute Gasteiger partial charge is 0.429 e. The molecule has 0 aliphatic heterocycles. The van der Waals surface area contributed by atoms with E-state index in [0.29, 0.717) is 0 Å². The van der Waals surface area contributed by atoms with Crippen molar-refractivity contribution in [3.8, 4) is 0 Å². The Labute approximate surface area is 137 Å². The lowest BCUT2D eigenvalue weighted by molar-refractivity contribution is -0.375. The molecule has 0 spiro atoms. The van der Waals surface area contributed by atoms with Crippen LogP contribution in [0.15, 0.2) is 0 Å². The van der Waals surface area contributed by atoms with Gasteiger partial charge in [-0.15, -0.1) is 0 Å². The van der Waals surface area contributed by atoms with Gasteiger partial charge in [-0.1, -0.05) is 41.5 Å². The Kier molecular flexibility index (Phi) is 6.80. The molecule has 0 rings (SSSR count). The summed E-state index contributed by atoms with van der Waals surface area (Å²) in [5.74, 6) is -2.52. The first-order valence-corrected chi connectivity index (χ1v) is 7.38. The Bertz CT molecular complexity index is 420. The van der Waals surface area contributed by atoms with Crippen LogP contribution in [-0.2, 0) is 9.53 Å². The van der Waals surface area contributed by atoms with Gasteiger partial charge in [0.25, 0.3) is 5.60 Å². The van der Waals surface area contributed by atoms with Gasteiger partial charge in [-0.2, -0.15) is 26.3 Å². The average Bonchev–Trinajstić information content (AvgIpc) is 2.31. The van der Waals surface area contributed by atoms with E-state index in [1.165, 1.54) is 0 Å². The summed E-state index contributed by atoms with van der Waals surface area (Å²) in [6, 6.07) is 0. The summed E-state index contributed by atoms with van der Waals surface area (Å²) < 4.78 is 80.0. The number of rotatable bonds is 5. The third kappa shape index (κ3) is 5.00. The zero-order valence-corrected chi connectivity index (χ0v) is 14.5. The molecule has 0 fully saturated rings. The van der Waals surface area contributed by atoms with Gasteiger partial charge in [-0.25, -0.2) is 0 Å². The topological polar surface area (TPSA) is 46.5 Å². The summed E-state index contributed by atoms with van der Waals surface area (Å²) in [6.45, 7) is 7.90. The summed E-state index contributed by atoms with van der Waals surface area (Å²) in [7, 11) is 0. The van der Waals surface area contributed by atoms with Crippen LogP contribution in [-0.4, -0.2) is 35.6 Å². The Morgan fingerprint density at radius 3 is 1.58 bits per heavy atom. The highest BCUT2D eigenvalue weighted by Crippen LogP contribution is 2.44. The molecule has 0 aromatic heterocycles. The number of hydrogen-bond acceptors (Lipinski definition) is 3. The molecule has 0 saturated carbocycles. The molecule has 2 unspecified atom stereocenters. The molecule has 3 nitrogen and oxygen atoms in total. The quantitative estimate of drug-likeness (QED) is 0.582. The van der Waals surface area contributed by atoms with Gasteiger partial charge in [0, 0.05) is 0 Å². The predicted molar refractivity (Wildman–Crippen MR) is 75.0 cm³/mol. The lowest BCUT2D eigenvalue weighted by Crippen LogP contribution is -2.60. The summed E-state index contributed by atoms with van der Waals surface area (Å²) in [5.41, 5.74) is -5.84. The minimum absolute atomic E-state index is 0.0501. The second-order valence-electron chi connectivity index (χ2n) is 7.41. The summed E-state index contributed by atoms with van der Waals surface area (Å²) in [6.07, 6.45) is -12.0. The zero-order chi connectivity index (χ0) is 19.7. The molecule has 0 bridgehead atoms. The van der Waals surface area contributed by atoms with Crippen LogP contribution >= 0.6 is 0 Å². The van der Waals surface area contributed by atoms with Crippen molar-refractivity contribution in [1.29, 1.82) is 0 Å². The molecule has 144 valence electrons. The second-order valence-corrected chi connectivity index (χ2v) is 7.41. The van der Waals surface area contributed by atoms with Crippen molar-refractivity contribution in [2.45, 2.75) is 59.5 Å². The van der Waals surface area contributed by atoms with Crippen LogP contribution in [0.5, 0.6) is 0 Å². The lowest BCUT2D eigenvalue weighted by atomic mass is 9.70. The van der Waals surface area contributed by atoms with Crippen molar-refractivity contribution in [3.63, 3.8) is 0 Å². The number of aliphatic hydroxyl groups is 1. The molecule has 0 amide bonds. The highest BCUT2D eigenvalue weighted by Gasteiger charge is 2.71. The van der Waals surface area contributed by atoms with Crippen molar-refractivity contribution >= 4 is 5.97 Å². The fourth-order valence-electron chi connectivity index (χ4n) is 2.33. The van der Waals surface area contributed by atoms with Crippen molar-refractivity contribution in [1.82, 2.24) is 0 Å². The molecule has 0 heterocycles. The van der Waals surface area contributed by atoms with E-state index in [1.54, 1.807) is 41.5 Å². The first kappa shape index (κ1) is 23.0. The van der Waals surface area contributed by atoms with Crippen LogP contribution in [0.3, 0.4) is 0 Å². The number of ether oxygens (including phenoxy) is 1. The number of carbonyl (C=O) groups excluding carboxylic acids is 1. The van der Waals surface area contributed by atoms with E-state index in [0.717, 1.165) is 0 Å². The fraction of sp³-hybridized carbons (Fsp3) is 0.933. The standard InChI is InChI=1S/C15H24F6O3/c1-8(2)9(3)10(12(4,5)6)11(22)24-7-13(23,14(16,17)18)15(19,20)21/h8-10,23H,7H2,1-6H3. The third-order valence-corrected chi connectivity index (χ3v) is 4.13. The predicted octanol–water partition coefficient (Wildman–Crippen LogP) is 4.34. The second kappa shape index (κ2) is 7.09. The summed E-state index contributed by atoms with van der Waals surface area (Å²) >= 11 is 0. The van der Waals surface area contributed by atoms with E-state index in [4.69, 9.17) is 5.11 Å². The number of hydrogen-bond donors (Lipinski definition) is 1. The molecule has 1 N–H and O–H groups in total. The normalized spacial score (nSPS) is 16.9. The van der Waals surface area contributed by atoms with Crippen LogP contribution in [0.1, 0.15) is 41.5 Å². The number of carbonyl (C=O) groups is 1. The van der Waals surface area contributed by atoms with Crippen LogP contribution in [0.4, 0.5) is 26.3 Å². The molecule has 0 aromatic carbocycles. The zero-order valence-electron chi connectivity index (χ0n) is 14.5. The van der Waals surface area contributed by atoms with E-state index >= 15 is 0 Å². The molecule has 0 saturated heterocycles. The van der Waals surface area contributed by atoms with Gasteiger partial charge in [-0.05, 0) is 17.3 Å². The van der Waals surface area contributed by atoms with Crippen molar-refractivity contribution in [2.75, 3.05) is 6.61 Å². The van der Waals surface area contributed by atoms with Crippen LogP contribution in [0.2, 0.25) is 0 Å². The van der Waals surface area contributed by atoms with Gasteiger partial charge in [0.05, 0.1) is 5.92 Å². The minimum Gasteiger partial charge on any atom is -0.462 e. The van der Waals surface area contributed by atoms with Gasteiger partial charge in [0.1, 0.15) is 6.61 Å². The molecule has 0 aliphatic rings. The van der Waals surface area contributed by atoms with Crippen LogP contribution < -0.4 is 0 Å². The molecule has 24 heavy (non-hydrogen) atoms. The lowest BCUT2D eigenvalue weighted by Gasteiger charge is -2.37. The Morgan fingerprint density at radius 2 is 1.33 bits per heavy atom. The summed E-state index contributed by atoms with van der Waals surface area (Å²) in [5, 5.41) is 9.04. The highest BCUT2D eigenvalue weighted by molar-refractivity contribution is 5.73. The van der Waals surface area contributed by atoms with Gasteiger partial charge in [0.2, 0.25) is 0 Å². The SMILES string of the molecule is CC(C)C(C)C(C(=O)OCC(O)(C(F)(F)F)C(F)(F)F)C(C)(C)C. The minimum atomic E-state index is -6.02. The maximum atomic E-state index is 12.6. The molecular formula is C15H24F6O3. The first-order valence-electron chi connectivity index (χ1n) is 7.38.